The van der Waals surface area contributed by atoms with Gasteiger partial charge in [-0.1, -0.05) is 12.1 Å². The monoisotopic (exact) mass is 237 g/mol. The zero-order valence-corrected chi connectivity index (χ0v) is 10.5. The summed E-state index contributed by atoms with van der Waals surface area (Å²) >= 11 is 0. The quantitative estimate of drug-likeness (QED) is 0.813. The molecule has 0 heterocycles. The topological polar surface area (TPSA) is 47.6 Å². The third-order valence-electron chi connectivity index (χ3n) is 2.35. The first kappa shape index (κ1) is 13.5. The molecule has 1 N–H and O–H groups in total. The van der Waals surface area contributed by atoms with Gasteiger partial charge in [0.1, 0.15) is 5.75 Å². The Morgan fingerprint density at radius 3 is 2.47 bits per heavy atom. The summed E-state index contributed by atoms with van der Waals surface area (Å²) in [4.78, 5) is 11.7. The lowest BCUT2D eigenvalue weighted by molar-refractivity contribution is -0.121. The lowest BCUT2D eigenvalue weighted by Gasteiger charge is -2.12. The molecular weight excluding hydrogens is 218 g/mol. The molecule has 94 valence electrons. The molecule has 0 saturated carbocycles. The fraction of sp³-hybridized carbons (Fsp3) is 0.462. The first-order valence-corrected chi connectivity index (χ1v) is 5.57. The SMILES string of the molecule is COCC(C)NC(=O)Cc1ccc(OC)cc1. The Kier molecular flexibility index (Phi) is 5.49. The summed E-state index contributed by atoms with van der Waals surface area (Å²) in [7, 11) is 3.24. The number of hydrogen-bond donors (Lipinski definition) is 1. The number of benzene rings is 1. The number of carbonyl (C=O) groups excluding carboxylic acids is 1. The van der Waals surface area contributed by atoms with E-state index < -0.39 is 0 Å². The summed E-state index contributed by atoms with van der Waals surface area (Å²) in [6.45, 7) is 2.43. The molecule has 0 aromatic heterocycles. The van der Waals surface area contributed by atoms with Crippen molar-refractivity contribution in [3.05, 3.63) is 29.8 Å². The molecule has 0 bridgehead atoms. The second kappa shape index (κ2) is 6.91. The number of carbonyl (C=O) groups is 1. The second-order valence-corrected chi connectivity index (χ2v) is 3.95. The standard InChI is InChI=1S/C13H19NO3/c1-10(9-16-2)14-13(15)8-11-4-6-12(17-3)7-5-11/h4-7,10H,8-9H2,1-3H3,(H,14,15). The van der Waals surface area contributed by atoms with Crippen LogP contribution in [-0.2, 0) is 16.0 Å². The molecule has 0 aliphatic heterocycles. The number of ether oxygens (including phenoxy) is 2. The zero-order chi connectivity index (χ0) is 12.7. The van der Waals surface area contributed by atoms with Gasteiger partial charge < -0.3 is 14.8 Å². The number of methoxy groups -OCH3 is 2. The van der Waals surface area contributed by atoms with Gasteiger partial charge in [-0.05, 0) is 24.6 Å². The fourth-order valence-electron chi connectivity index (χ4n) is 1.55. The highest BCUT2D eigenvalue weighted by atomic mass is 16.5. The van der Waals surface area contributed by atoms with Gasteiger partial charge in [0.25, 0.3) is 0 Å². The predicted octanol–water partition coefficient (Wildman–Crippen LogP) is 1.39. The summed E-state index contributed by atoms with van der Waals surface area (Å²) in [5.74, 6) is 0.793. The third kappa shape index (κ3) is 4.87. The Labute approximate surface area is 102 Å². The molecule has 1 atom stereocenters. The van der Waals surface area contributed by atoms with Gasteiger partial charge in [-0.3, -0.25) is 4.79 Å². The summed E-state index contributed by atoms with van der Waals surface area (Å²) in [6.07, 6.45) is 0.373. The highest BCUT2D eigenvalue weighted by Crippen LogP contribution is 2.11. The van der Waals surface area contributed by atoms with Crippen molar-refractivity contribution >= 4 is 5.91 Å². The summed E-state index contributed by atoms with van der Waals surface area (Å²) in [5, 5.41) is 2.86. The van der Waals surface area contributed by atoms with E-state index in [2.05, 4.69) is 5.32 Å². The van der Waals surface area contributed by atoms with Gasteiger partial charge in [0.05, 0.1) is 20.1 Å². The van der Waals surface area contributed by atoms with E-state index in [-0.39, 0.29) is 11.9 Å². The van der Waals surface area contributed by atoms with Crippen LogP contribution in [0.25, 0.3) is 0 Å². The van der Waals surface area contributed by atoms with Gasteiger partial charge in [-0.25, -0.2) is 0 Å². The molecule has 4 heteroatoms. The van der Waals surface area contributed by atoms with Crippen molar-refractivity contribution in [1.82, 2.24) is 5.32 Å². The molecule has 0 radical (unpaired) electrons. The predicted molar refractivity (Wildman–Crippen MR) is 66.2 cm³/mol. The van der Waals surface area contributed by atoms with Crippen LogP contribution in [0.4, 0.5) is 0 Å². The van der Waals surface area contributed by atoms with E-state index in [1.54, 1.807) is 14.2 Å². The second-order valence-electron chi connectivity index (χ2n) is 3.95. The van der Waals surface area contributed by atoms with Gasteiger partial charge in [0, 0.05) is 13.2 Å². The van der Waals surface area contributed by atoms with Crippen molar-refractivity contribution in [2.45, 2.75) is 19.4 Å². The molecule has 4 nitrogen and oxygen atoms in total. The van der Waals surface area contributed by atoms with E-state index in [0.717, 1.165) is 11.3 Å². The van der Waals surface area contributed by atoms with Crippen molar-refractivity contribution in [3.63, 3.8) is 0 Å². The average Bonchev–Trinajstić information content (AvgIpc) is 2.30. The van der Waals surface area contributed by atoms with Gasteiger partial charge in [-0.15, -0.1) is 0 Å². The first-order chi connectivity index (χ1) is 8.15. The van der Waals surface area contributed by atoms with Gasteiger partial charge in [-0.2, -0.15) is 0 Å². The molecule has 0 saturated heterocycles. The van der Waals surface area contributed by atoms with Crippen LogP contribution in [-0.4, -0.2) is 32.8 Å². The molecule has 0 spiro atoms. The van der Waals surface area contributed by atoms with Crippen LogP contribution in [0.1, 0.15) is 12.5 Å². The largest absolute Gasteiger partial charge is 0.497 e. The van der Waals surface area contributed by atoms with Crippen LogP contribution in [0, 0.1) is 0 Å². The molecule has 1 aromatic carbocycles. The molecule has 0 aliphatic carbocycles. The summed E-state index contributed by atoms with van der Waals surface area (Å²) < 4.78 is 10.0. The minimum Gasteiger partial charge on any atom is -0.497 e. The molecule has 1 amide bonds. The molecule has 1 aromatic rings. The van der Waals surface area contributed by atoms with E-state index in [1.807, 2.05) is 31.2 Å². The maximum absolute atomic E-state index is 11.7. The maximum Gasteiger partial charge on any atom is 0.224 e. The number of nitrogens with one attached hydrogen (secondary N) is 1. The van der Waals surface area contributed by atoms with Crippen molar-refractivity contribution in [3.8, 4) is 5.75 Å². The lowest BCUT2D eigenvalue weighted by atomic mass is 10.1. The van der Waals surface area contributed by atoms with E-state index in [1.165, 1.54) is 0 Å². The molecule has 17 heavy (non-hydrogen) atoms. The van der Waals surface area contributed by atoms with E-state index in [9.17, 15) is 4.79 Å². The van der Waals surface area contributed by atoms with Gasteiger partial charge >= 0.3 is 0 Å². The van der Waals surface area contributed by atoms with Crippen LogP contribution in [0.2, 0.25) is 0 Å². The summed E-state index contributed by atoms with van der Waals surface area (Å²) in [6, 6.07) is 7.51. The molecular formula is C13H19NO3. The number of rotatable bonds is 6. The Morgan fingerprint density at radius 1 is 1.29 bits per heavy atom. The van der Waals surface area contributed by atoms with E-state index in [0.29, 0.717) is 13.0 Å². The third-order valence-corrected chi connectivity index (χ3v) is 2.35. The highest BCUT2D eigenvalue weighted by molar-refractivity contribution is 5.78. The summed E-state index contributed by atoms with van der Waals surface area (Å²) in [5.41, 5.74) is 0.966. The first-order valence-electron chi connectivity index (χ1n) is 5.57. The highest BCUT2D eigenvalue weighted by Gasteiger charge is 2.07. The van der Waals surface area contributed by atoms with Crippen LogP contribution in [0.5, 0.6) is 5.75 Å². The Bertz CT molecular complexity index is 348. The van der Waals surface area contributed by atoms with Gasteiger partial charge in [0.15, 0.2) is 0 Å². The Morgan fingerprint density at radius 2 is 1.94 bits per heavy atom. The minimum atomic E-state index is -0.000262. The smallest absolute Gasteiger partial charge is 0.224 e. The average molecular weight is 237 g/mol. The minimum absolute atomic E-state index is 0.000262. The molecule has 0 fully saturated rings. The molecule has 1 unspecified atom stereocenters. The van der Waals surface area contributed by atoms with Crippen molar-refractivity contribution < 1.29 is 14.3 Å². The van der Waals surface area contributed by atoms with Crippen molar-refractivity contribution in [2.24, 2.45) is 0 Å². The fourth-order valence-corrected chi connectivity index (χ4v) is 1.55. The van der Waals surface area contributed by atoms with Crippen molar-refractivity contribution in [1.29, 1.82) is 0 Å². The van der Waals surface area contributed by atoms with Crippen LogP contribution in [0.3, 0.4) is 0 Å². The van der Waals surface area contributed by atoms with E-state index >= 15 is 0 Å². The number of hydrogen-bond acceptors (Lipinski definition) is 3. The zero-order valence-electron chi connectivity index (χ0n) is 10.5. The normalized spacial score (nSPS) is 11.9. The Balaban J connectivity index is 2.44. The van der Waals surface area contributed by atoms with Crippen LogP contribution < -0.4 is 10.1 Å². The maximum atomic E-state index is 11.7. The molecule has 1 rings (SSSR count). The van der Waals surface area contributed by atoms with E-state index in [4.69, 9.17) is 9.47 Å². The Hall–Kier alpha value is -1.55. The van der Waals surface area contributed by atoms with Crippen LogP contribution >= 0.6 is 0 Å². The molecule has 0 aliphatic rings. The van der Waals surface area contributed by atoms with Crippen molar-refractivity contribution in [2.75, 3.05) is 20.8 Å². The lowest BCUT2D eigenvalue weighted by Crippen LogP contribution is -2.36. The van der Waals surface area contributed by atoms with Crippen LogP contribution in [0.15, 0.2) is 24.3 Å². The van der Waals surface area contributed by atoms with Gasteiger partial charge in [0.2, 0.25) is 5.91 Å². The number of amides is 1.